The molecule has 1 unspecified atom stereocenters. The van der Waals surface area contributed by atoms with Crippen molar-refractivity contribution < 1.29 is 18.5 Å². The summed E-state index contributed by atoms with van der Waals surface area (Å²) in [5.41, 5.74) is 4.12. The summed E-state index contributed by atoms with van der Waals surface area (Å²) in [5, 5.41) is 5.62. The normalized spacial score (nSPS) is 12.6. The molecule has 4 aromatic rings. The van der Waals surface area contributed by atoms with E-state index >= 15 is 0 Å². The van der Waals surface area contributed by atoms with Gasteiger partial charge >= 0.3 is 6.03 Å². The van der Waals surface area contributed by atoms with E-state index in [1.54, 1.807) is 24.3 Å². The Bertz CT molecular complexity index is 1360. The van der Waals surface area contributed by atoms with Gasteiger partial charge in [-0.25, -0.2) is 9.00 Å². The van der Waals surface area contributed by atoms with Crippen molar-refractivity contribution in [2.75, 3.05) is 16.8 Å². The van der Waals surface area contributed by atoms with Gasteiger partial charge in [-0.3, -0.25) is 0 Å². The first-order chi connectivity index (χ1) is 17.2. The lowest BCUT2D eigenvalue weighted by molar-refractivity contribution is 0.174. The summed E-state index contributed by atoms with van der Waals surface area (Å²) < 4.78 is 26.8. The highest BCUT2D eigenvalue weighted by molar-refractivity contribution is 7.86. The van der Waals surface area contributed by atoms with Crippen molar-refractivity contribution in [1.82, 2.24) is 5.32 Å². The van der Waals surface area contributed by atoms with E-state index in [4.69, 9.17) is 9.47 Å². The molecule has 1 aliphatic rings. The molecule has 0 spiro atoms. The average Bonchev–Trinajstić information content (AvgIpc) is 3.37. The minimum absolute atomic E-state index is 0.213. The summed E-state index contributed by atoms with van der Waals surface area (Å²) in [6.07, 6.45) is 0. The molecule has 0 radical (unpaired) electrons. The number of amides is 2. The number of anilines is 2. The summed E-state index contributed by atoms with van der Waals surface area (Å²) in [7, 11) is -1.46. The smallest absolute Gasteiger partial charge is 0.319 e. The third-order valence-corrected chi connectivity index (χ3v) is 6.59. The summed E-state index contributed by atoms with van der Waals surface area (Å²) in [6, 6.07) is 29.7. The number of fused-ring (bicyclic) bond motifs is 1. The van der Waals surface area contributed by atoms with Crippen LogP contribution in [0.5, 0.6) is 11.5 Å². The zero-order valence-electron chi connectivity index (χ0n) is 18.7. The lowest BCUT2D eigenvalue weighted by Crippen LogP contribution is -2.28. The number of benzene rings is 4. The van der Waals surface area contributed by atoms with Gasteiger partial charge in [0.25, 0.3) is 0 Å². The van der Waals surface area contributed by atoms with E-state index in [9.17, 15) is 9.00 Å². The molecule has 3 N–H and O–H groups in total. The highest BCUT2D eigenvalue weighted by atomic mass is 32.2. The van der Waals surface area contributed by atoms with E-state index in [-0.39, 0.29) is 12.8 Å². The number of urea groups is 1. The van der Waals surface area contributed by atoms with Gasteiger partial charge in [-0.05, 0) is 59.2 Å². The zero-order valence-corrected chi connectivity index (χ0v) is 19.5. The fourth-order valence-electron chi connectivity index (χ4n) is 3.68. The predicted octanol–water partition coefficient (Wildman–Crippen LogP) is 5.54. The van der Waals surface area contributed by atoms with Crippen molar-refractivity contribution in [3.8, 4) is 22.6 Å². The van der Waals surface area contributed by atoms with Crippen LogP contribution in [0.15, 0.2) is 102 Å². The van der Waals surface area contributed by atoms with Gasteiger partial charge in [-0.2, -0.15) is 0 Å². The average molecular weight is 486 g/mol. The van der Waals surface area contributed by atoms with E-state index in [0.29, 0.717) is 34.3 Å². The number of carbonyl (C=O) groups excluding carboxylic acids is 1. The molecule has 1 atom stereocenters. The lowest BCUT2D eigenvalue weighted by atomic mass is 10.1. The third kappa shape index (κ3) is 5.44. The number of hydrogen-bond donors (Lipinski definition) is 3. The summed E-state index contributed by atoms with van der Waals surface area (Å²) in [4.78, 5) is 13.0. The Morgan fingerprint density at radius 2 is 1.51 bits per heavy atom. The molecule has 0 aliphatic carbocycles. The van der Waals surface area contributed by atoms with Crippen LogP contribution in [0.3, 0.4) is 0 Å². The van der Waals surface area contributed by atoms with Crippen molar-refractivity contribution in [2.24, 2.45) is 0 Å². The molecule has 176 valence electrons. The molecule has 1 heterocycles. The molecule has 5 rings (SSSR count). The second kappa shape index (κ2) is 10.3. The lowest BCUT2D eigenvalue weighted by Gasteiger charge is -2.12. The second-order valence-electron chi connectivity index (χ2n) is 7.81. The van der Waals surface area contributed by atoms with Gasteiger partial charge in [-0.15, -0.1) is 0 Å². The van der Waals surface area contributed by atoms with Crippen LogP contribution in [-0.2, 0) is 17.5 Å². The highest BCUT2D eigenvalue weighted by Crippen LogP contribution is 2.32. The first-order valence-electron chi connectivity index (χ1n) is 11.0. The maximum Gasteiger partial charge on any atom is 0.319 e. The molecular formula is C27H23N3O4S. The summed E-state index contributed by atoms with van der Waals surface area (Å²) in [5.74, 6) is 1.38. The van der Waals surface area contributed by atoms with Gasteiger partial charge in [0.1, 0.15) is 0 Å². The minimum Gasteiger partial charge on any atom is -0.454 e. The van der Waals surface area contributed by atoms with E-state index in [1.807, 2.05) is 72.8 Å². The van der Waals surface area contributed by atoms with Gasteiger partial charge in [0.15, 0.2) is 22.5 Å². The second-order valence-corrected chi connectivity index (χ2v) is 8.99. The number of ether oxygens (including phenoxy) is 2. The molecule has 35 heavy (non-hydrogen) atoms. The Morgan fingerprint density at radius 1 is 0.800 bits per heavy atom. The quantitative estimate of drug-likeness (QED) is 0.321. The monoisotopic (exact) mass is 485 g/mol. The molecule has 2 amide bonds. The third-order valence-electron chi connectivity index (χ3n) is 5.41. The van der Waals surface area contributed by atoms with E-state index in [2.05, 4.69) is 15.4 Å². The highest BCUT2D eigenvalue weighted by Gasteiger charge is 2.14. The van der Waals surface area contributed by atoms with Gasteiger partial charge in [0.2, 0.25) is 6.79 Å². The van der Waals surface area contributed by atoms with Crippen molar-refractivity contribution in [1.29, 1.82) is 0 Å². The molecule has 0 saturated heterocycles. The van der Waals surface area contributed by atoms with Crippen LogP contribution < -0.4 is 24.8 Å². The number of nitrogens with one attached hydrogen (secondary N) is 3. The predicted molar refractivity (Wildman–Crippen MR) is 137 cm³/mol. The fraction of sp³-hybridized carbons (Fsp3) is 0.0741. The Hall–Kier alpha value is -4.30. The van der Waals surface area contributed by atoms with Gasteiger partial charge in [0, 0.05) is 17.9 Å². The summed E-state index contributed by atoms with van der Waals surface area (Å²) in [6.45, 7) is 0.562. The number of hydrogen-bond acceptors (Lipinski definition) is 4. The largest absolute Gasteiger partial charge is 0.454 e. The van der Waals surface area contributed by atoms with Crippen LogP contribution in [0.1, 0.15) is 5.56 Å². The molecule has 0 aromatic heterocycles. The number of carbonyl (C=O) groups is 1. The topological polar surface area (TPSA) is 88.7 Å². The van der Waals surface area contributed by atoms with Crippen LogP contribution in [0.25, 0.3) is 11.1 Å². The Kier molecular flexibility index (Phi) is 6.63. The van der Waals surface area contributed by atoms with Crippen LogP contribution in [0.4, 0.5) is 16.2 Å². The van der Waals surface area contributed by atoms with Crippen LogP contribution in [-0.4, -0.2) is 17.0 Å². The van der Waals surface area contributed by atoms with E-state index < -0.39 is 11.0 Å². The van der Waals surface area contributed by atoms with Crippen molar-refractivity contribution in [3.63, 3.8) is 0 Å². The van der Waals surface area contributed by atoms with Crippen LogP contribution >= 0.6 is 0 Å². The Morgan fingerprint density at radius 3 is 2.34 bits per heavy atom. The van der Waals surface area contributed by atoms with Crippen molar-refractivity contribution >= 4 is 28.4 Å². The molecule has 4 aromatic carbocycles. The van der Waals surface area contributed by atoms with Gasteiger partial charge in [-0.1, -0.05) is 54.6 Å². The maximum atomic E-state index is 13.1. The van der Waals surface area contributed by atoms with Crippen LogP contribution in [0.2, 0.25) is 0 Å². The molecule has 7 nitrogen and oxygen atoms in total. The van der Waals surface area contributed by atoms with E-state index in [0.717, 1.165) is 16.7 Å². The molecule has 1 aliphatic heterocycles. The Labute approximate surface area is 205 Å². The molecular weight excluding hydrogens is 462 g/mol. The van der Waals surface area contributed by atoms with E-state index in [1.165, 1.54) is 0 Å². The number of rotatable bonds is 7. The first kappa shape index (κ1) is 22.5. The first-order valence-corrected chi connectivity index (χ1v) is 12.2. The maximum absolute atomic E-state index is 13.1. The van der Waals surface area contributed by atoms with Gasteiger partial charge in [0.05, 0.1) is 4.90 Å². The van der Waals surface area contributed by atoms with Crippen molar-refractivity contribution in [3.05, 3.63) is 103 Å². The molecule has 0 fully saturated rings. The SMILES string of the molecule is O=C(NCc1ccc2c(c1)OCO2)Nc1ccc(NS(=O)c2ccccc2-c2ccccc2)cc1. The molecule has 0 bridgehead atoms. The molecule has 8 heteroatoms. The zero-order chi connectivity index (χ0) is 24.0. The van der Waals surface area contributed by atoms with Crippen LogP contribution in [0, 0.1) is 0 Å². The van der Waals surface area contributed by atoms with Gasteiger partial charge < -0.3 is 24.8 Å². The Balaban J connectivity index is 1.17. The summed E-state index contributed by atoms with van der Waals surface area (Å²) >= 11 is 0. The minimum atomic E-state index is -1.46. The molecule has 0 saturated carbocycles. The van der Waals surface area contributed by atoms with Crippen molar-refractivity contribution in [2.45, 2.75) is 11.4 Å². The fourth-order valence-corrected chi connectivity index (χ4v) is 4.72. The standard InChI is InChI=1S/C27H23N3O4S/c31-27(28-17-19-10-15-24-25(16-19)34-18-33-24)29-21-11-13-22(14-12-21)30-35(32)26-9-5-4-8-23(26)20-6-2-1-3-7-20/h1-16,30H,17-18H2,(H2,28,29,31).